The molecular weight excluding hydrogens is 569 g/mol. The summed E-state index contributed by atoms with van der Waals surface area (Å²) in [4.78, 5) is 32.1. The van der Waals surface area contributed by atoms with Crippen LogP contribution in [0.4, 0.5) is 24.5 Å². The third-order valence-corrected chi connectivity index (χ3v) is 8.95. The van der Waals surface area contributed by atoms with Gasteiger partial charge in [0.1, 0.15) is 0 Å². The summed E-state index contributed by atoms with van der Waals surface area (Å²) < 4.78 is 42.7. The number of alkyl halides is 3. The van der Waals surface area contributed by atoms with Crippen LogP contribution in [0.1, 0.15) is 48.0 Å². The van der Waals surface area contributed by atoms with E-state index in [1.807, 2.05) is 12.1 Å². The van der Waals surface area contributed by atoms with Crippen molar-refractivity contribution < 1.29 is 27.9 Å². The highest BCUT2D eigenvalue weighted by atomic mass is 35.5. The second-order valence-electron chi connectivity index (χ2n) is 11.9. The van der Waals surface area contributed by atoms with E-state index in [1.165, 1.54) is 21.9 Å². The first-order chi connectivity index (χ1) is 19.7. The van der Waals surface area contributed by atoms with Crippen molar-refractivity contribution in [2.75, 3.05) is 64.2 Å². The molecular formula is C31H40ClF3N4O3. The maximum absolute atomic E-state index is 14.2. The highest BCUT2D eigenvalue weighted by Gasteiger charge is 2.62. The monoisotopic (exact) mass is 608 g/mol. The van der Waals surface area contributed by atoms with Gasteiger partial charge in [0, 0.05) is 71.3 Å². The number of carbonyl (C=O) groups is 2. The molecule has 2 heterocycles. The van der Waals surface area contributed by atoms with Gasteiger partial charge in [0.25, 0.3) is 17.4 Å². The Bertz CT molecular complexity index is 1270. The van der Waals surface area contributed by atoms with Gasteiger partial charge in [0.05, 0.1) is 10.6 Å². The van der Waals surface area contributed by atoms with Crippen LogP contribution in [-0.2, 0) is 10.4 Å². The predicted octanol–water partition coefficient (Wildman–Crippen LogP) is 5.40. The van der Waals surface area contributed by atoms with Crippen LogP contribution in [0.15, 0.2) is 42.5 Å². The molecule has 1 atom stereocenters. The van der Waals surface area contributed by atoms with Gasteiger partial charge in [-0.2, -0.15) is 13.2 Å². The summed E-state index contributed by atoms with van der Waals surface area (Å²) in [5.41, 5.74) is -2.15. The molecule has 1 unspecified atom stereocenters. The Kier molecular flexibility index (Phi) is 9.67. The molecule has 0 aliphatic carbocycles. The number of anilines is 2. The molecule has 2 aromatic rings. The van der Waals surface area contributed by atoms with Gasteiger partial charge in [-0.15, -0.1) is 0 Å². The van der Waals surface area contributed by atoms with E-state index in [4.69, 9.17) is 11.6 Å². The van der Waals surface area contributed by atoms with E-state index in [1.54, 1.807) is 45.2 Å². The lowest BCUT2D eigenvalue weighted by Gasteiger charge is -2.40. The van der Waals surface area contributed by atoms with Gasteiger partial charge in [-0.3, -0.25) is 9.59 Å². The Morgan fingerprint density at radius 2 is 1.52 bits per heavy atom. The smallest absolute Gasteiger partial charge is 0.378 e. The largest absolute Gasteiger partial charge is 0.430 e. The number of piperidine rings is 2. The quantitative estimate of drug-likeness (QED) is 0.456. The van der Waals surface area contributed by atoms with Crippen LogP contribution < -0.4 is 9.80 Å². The molecule has 230 valence electrons. The first-order valence-electron chi connectivity index (χ1n) is 14.3. The highest BCUT2D eigenvalue weighted by Crippen LogP contribution is 2.42. The molecule has 11 heteroatoms. The third kappa shape index (κ3) is 6.64. The summed E-state index contributed by atoms with van der Waals surface area (Å²) in [6.07, 6.45) is -1.03. The molecule has 4 rings (SSSR count). The van der Waals surface area contributed by atoms with E-state index in [2.05, 4.69) is 4.90 Å². The first kappa shape index (κ1) is 31.9. The van der Waals surface area contributed by atoms with Crippen molar-refractivity contribution in [1.29, 1.82) is 0 Å². The fourth-order valence-corrected chi connectivity index (χ4v) is 6.29. The Balaban J connectivity index is 1.32. The SMILES string of the molecule is CN(C)C(=O)c1ccc(N2CCC(CC3CCN(C(=O)C(O)(c4cccc(N(C)C)c4)C(F)(F)F)CC3)CC2)cc1Cl. The number of carbonyl (C=O) groups excluding carboxylic acids is 2. The highest BCUT2D eigenvalue weighted by molar-refractivity contribution is 6.34. The Morgan fingerprint density at radius 1 is 0.929 bits per heavy atom. The summed E-state index contributed by atoms with van der Waals surface area (Å²) in [5.74, 6) is -0.652. The van der Waals surface area contributed by atoms with Gasteiger partial charge in [0.2, 0.25) is 0 Å². The number of benzene rings is 2. The standard InChI is InChI=1S/C31H40ClF3N4O3/c1-36(2)24-7-5-6-23(19-24)30(42,31(33,34)35)29(41)39-16-12-22(13-17-39)18-21-10-14-38(15-11-21)25-8-9-26(27(32)20-25)28(40)37(3)4/h5-9,19-22,42H,10-18H2,1-4H3. The number of likely N-dealkylation sites (tertiary alicyclic amines) is 1. The van der Waals surface area contributed by atoms with Gasteiger partial charge in [-0.25, -0.2) is 0 Å². The van der Waals surface area contributed by atoms with Crippen LogP contribution in [0.25, 0.3) is 0 Å². The van der Waals surface area contributed by atoms with Crippen molar-refractivity contribution in [2.24, 2.45) is 11.8 Å². The summed E-state index contributed by atoms with van der Waals surface area (Å²) >= 11 is 6.40. The summed E-state index contributed by atoms with van der Waals surface area (Å²) in [6, 6.07) is 10.9. The number of rotatable bonds is 7. The van der Waals surface area contributed by atoms with Crippen LogP contribution in [-0.4, -0.2) is 87.3 Å². The average molecular weight is 609 g/mol. The molecule has 42 heavy (non-hydrogen) atoms. The van der Waals surface area contributed by atoms with E-state index in [0.717, 1.165) is 44.1 Å². The second-order valence-corrected chi connectivity index (χ2v) is 12.3. The minimum absolute atomic E-state index is 0.139. The zero-order chi connectivity index (χ0) is 30.8. The lowest BCUT2D eigenvalue weighted by atomic mass is 9.82. The molecule has 7 nitrogen and oxygen atoms in total. The van der Waals surface area contributed by atoms with Crippen molar-refractivity contribution in [2.45, 2.75) is 43.9 Å². The van der Waals surface area contributed by atoms with Gasteiger partial charge in [0.15, 0.2) is 0 Å². The molecule has 2 aliphatic heterocycles. The molecule has 2 aromatic carbocycles. The maximum Gasteiger partial charge on any atom is 0.430 e. The molecule has 0 saturated carbocycles. The topological polar surface area (TPSA) is 67.3 Å². The maximum atomic E-state index is 14.2. The fraction of sp³-hybridized carbons (Fsp3) is 0.548. The Labute approximate surface area is 250 Å². The lowest BCUT2D eigenvalue weighted by Crippen LogP contribution is -2.57. The first-order valence-corrected chi connectivity index (χ1v) is 14.7. The molecule has 2 fully saturated rings. The van der Waals surface area contributed by atoms with E-state index >= 15 is 0 Å². The Morgan fingerprint density at radius 3 is 2.05 bits per heavy atom. The van der Waals surface area contributed by atoms with Gasteiger partial charge >= 0.3 is 6.18 Å². The van der Waals surface area contributed by atoms with Crippen LogP contribution in [0, 0.1) is 11.8 Å². The minimum Gasteiger partial charge on any atom is -0.378 e. The van der Waals surface area contributed by atoms with Crippen molar-refractivity contribution >= 4 is 34.8 Å². The van der Waals surface area contributed by atoms with Gasteiger partial charge < -0.3 is 24.7 Å². The third-order valence-electron chi connectivity index (χ3n) is 8.64. The molecule has 0 radical (unpaired) electrons. The van der Waals surface area contributed by atoms with E-state index in [9.17, 15) is 27.9 Å². The number of hydrogen-bond acceptors (Lipinski definition) is 5. The molecule has 0 aromatic heterocycles. The molecule has 2 aliphatic rings. The van der Waals surface area contributed by atoms with Crippen LogP contribution in [0.3, 0.4) is 0 Å². The van der Waals surface area contributed by atoms with Crippen molar-refractivity contribution in [3.8, 4) is 0 Å². The van der Waals surface area contributed by atoms with Crippen LogP contribution >= 0.6 is 11.6 Å². The van der Waals surface area contributed by atoms with Gasteiger partial charge in [-0.05, 0) is 74.3 Å². The zero-order valence-electron chi connectivity index (χ0n) is 24.6. The summed E-state index contributed by atoms with van der Waals surface area (Å²) in [5, 5.41) is 11.3. The minimum atomic E-state index is -5.16. The molecule has 2 amide bonds. The molecule has 1 N–H and O–H groups in total. The number of hydrogen-bond donors (Lipinski definition) is 1. The predicted molar refractivity (Wildman–Crippen MR) is 159 cm³/mol. The second kappa shape index (κ2) is 12.7. The Hall–Kier alpha value is -2.98. The number of amides is 2. The van der Waals surface area contributed by atoms with E-state index in [0.29, 0.717) is 41.0 Å². The number of aliphatic hydroxyl groups is 1. The van der Waals surface area contributed by atoms with Crippen molar-refractivity contribution in [3.05, 3.63) is 58.6 Å². The molecule has 2 saturated heterocycles. The summed E-state index contributed by atoms with van der Waals surface area (Å²) in [6.45, 7) is 2.07. The average Bonchev–Trinajstić information content (AvgIpc) is 2.96. The fourth-order valence-electron chi connectivity index (χ4n) is 6.03. The van der Waals surface area contributed by atoms with Gasteiger partial charge in [-0.1, -0.05) is 23.7 Å². The molecule has 0 spiro atoms. The van der Waals surface area contributed by atoms with E-state index in [-0.39, 0.29) is 19.0 Å². The van der Waals surface area contributed by atoms with Crippen molar-refractivity contribution in [3.63, 3.8) is 0 Å². The normalized spacial score (nSPS) is 18.5. The molecule has 0 bridgehead atoms. The van der Waals surface area contributed by atoms with Crippen LogP contribution in [0.2, 0.25) is 5.02 Å². The van der Waals surface area contributed by atoms with E-state index < -0.39 is 23.2 Å². The zero-order valence-corrected chi connectivity index (χ0v) is 25.4. The van der Waals surface area contributed by atoms with Crippen LogP contribution in [0.5, 0.6) is 0 Å². The summed E-state index contributed by atoms with van der Waals surface area (Å²) in [7, 11) is 6.75. The lowest BCUT2D eigenvalue weighted by molar-refractivity contribution is -0.262. The number of halogens is 4. The number of nitrogens with zero attached hydrogens (tertiary/aromatic N) is 4. The van der Waals surface area contributed by atoms with Crippen molar-refractivity contribution in [1.82, 2.24) is 9.80 Å².